The Bertz CT molecular complexity index is 947. The van der Waals surface area contributed by atoms with Crippen molar-refractivity contribution in [2.45, 2.75) is 32.2 Å². The number of aromatic amines is 1. The molecule has 0 radical (unpaired) electrons. The molecule has 1 aromatic heterocycles. The number of carboxylic acid groups (broad SMARTS) is 1. The van der Waals surface area contributed by atoms with Crippen LogP contribution in [-0.4, -0.2) is 34.6 Å². The fraction of sp³-hybridized carbons (Fsp3) is 0.273. The van der Waals surface area contributed by atoms with Gasteiger partial charge in [0.1, 0.15) is 6.04 Å². The van der Waals surface area contributed by atoms with Crippen molar-refractivity contribution in [1.82, 2.24) is 10.3 Å². The van der Waals surface area contributed by atoms with Crippen LogP contribution >= 0.6 is 0 Å². The van der Waals surface area contributed by atoms with Gasteiger partial charge in [-0.25, -0.2) is 0 Å². The summed E-state index contributed by atoms with van der Waals surface area (Å²) in [5, 5.41) is 16.3. The van der Waals surface area contributed by atoms with Crippen LogP contribution in [0.15, 0.2) is 54.7 Å². The van der Waals surface area contributed by atoms with Gasteiger partial charge in [-0.2, -0.15) is 0 Å². The van der Waals surface area contributed by atoms with Gasteiger partial charge in [0.15, 0.2) is 0 Å². The topological polar surface area (TPSA) is 94.2 Å². The van der Waals surface area contributed by atoms with Crippen molar-refractivity contribution in [3.8, 4) is 0 Å². The van der Waals surface area contributed by atoms with Crippen molar-refractivity contribution >= 4 is 28.5 Å². The Labute approximate surface area is 164 Å². The van der Waals surface area contributed by atoms with Crippen LogP contribution in [0.2, 0.25) is 0 Å². The van der Waals surface area contributed by atoms with E-state index < -0.39 is 12.0 Å². The number of carboxylic acids is 1. The van der Waals surface area contributed by atoms with Crippen LogP contribution in [0.4, 0.5) is 5.69 Å². The highest BCUT2D eigenvalue weighted by Gasteiger charge is 2.20. The van der Waals surface area contributed by atoms with Crippen LogP contribution < -0.4 is 10.6 Å². The summed E-state index contributed by atoms with van der Waals surface area (Å²) in [6.45, 7) is 2.53. The standard InChI is InChI=1S/C22H25N3O3/c1-2-15-7-9-17(10-8-15)25-21(26)13-20(22(27)28)23-12-11-16-14-24-19-6-4-3-5-18(16)19/h3-10,14,20,23-24H,2,11-13H2,1H3,(H,25,26)(H,27,28)/t20-/m1/s1. The minimum atomic E-state index is -1.03. The van der Waals surface area contributed by atoms with Gasteiger partial charge < -0.3 is 20.7 Å². The molecule has 0 unspecified atom stereocenters. The van der Waals surface area contributed by atoms with Gasteiger partial charge in [-0.05, 0) is 42.2 Å². The molecule has 2 aromatic carbocycles. The van der Waals surface area contributed by atoms with Gasteiger partial charge in [-0.1, -0.05) is 37.3 Å². The zero-order valence-electron chi connectivity index (χ0n) is 15.9. The van der Waals surface area contributed by atoms with Gasteiger partial charge >= 0.3 is 5.97 Å². The fourth-order valence-corrected chi connectivity index (χ4v) is 3.19. The number of nitrogens with one attached hydrogen (secondary N) is 3. The van der Waals surface area contributed by atoms with E-state index in [1.165, 1.54) is 5.56 Å². The summed E-state index contributed by atoms with van der Waals surface area (Å²) in [6.07, 6.45) is 3.41. The highest BCUT2D eigenvalue weighted by atomic mass is 16.4. The molecule has 0 saturated heterocycles. The maximum atomic E-state index is 12.2. The molecule has 0 aliphatic carbocycles. The summed E-state index contributed by atoms with van der Waals surface area (Å²) in [5.41, 5.74) is 4.03. The van der Waals surface area contributed by atoms with Crippen LogP contribution in [0, 0.1) is 0 Å². The van der Waals surface area contributed by atoms with Crippen molar-refractivity contribution in [3.05, 3.63) is 65.9 Å². The van der Waals surface area contributed by atoms with Crippen molar-refractivity contribution in [2.24, 2.45) is 0 Å². The Morgan fingerprint density at radius 3 is 2.57 bits per heavy atom. The number of aromatic nitrogens is 1. The van der Waals surface area contributed by atoms with E-state index in [0.29, 0.717) is 18.7 Å². The van der Waals surface area contributed by atoms with Crippen LogP contribution in [0.3, 0.4) is 0 Å². The SMILES string of the molecule is CCc1ccc(NC(=O)C[C@@H](NCCc2c[nH]c3ccccc23)C(=O)O)cc1. The van der Waals surface area contributed by atoms with Gasteiger partial charge in [0, 0.05) is 29.3 Å². The normalized spacial score (nSPS) is 12.0. The van der Waals surface area contributed by atoms with Crippen LogP contribution in [0.5, 0.6) is 0 Å². The number of anilines is 1. The van der Waals surface area contributed by atoms with Gasteiger partial charge in [0.25, 0.3) is 0 Å². The van der Waals surface area contributed by atoms with Crippen LogP contribution in [-0.2, 0) is 22.4 Å². The quantitative estimate of drug-likeness (QED) is 0.459. The number of aryl methyl sites for hydroxylation is 1. The first-order chi connectivity index (χ1) is 13.6. The molecular formula is C22H25N3O3. The van der Waals surface area contributed by atoms with E-state index in [-0.39, 0.29) is 12.3 Å². The summed E-state index contributed by atoms with van der Waals surface area (Å²) in [6, 6.07) is 14.6. The lowest BCUT2D eigenvalue weighted by atomic mass is 10.1. The molecular weight excluding hydrogens is 354 g/mol. The smallest absolute Gasteiger partial charge is 0.321 e. The molecule has 0 saturated carbocycles. The molecule has 4 N–H and O–H groups in total. The number of fused-ring (bicyclic) bond motifs is 1. The van der Waals surface area contributed by atoms with E-state index in [9.17, 15) is 14.7 Å². The van der Waals surface area contributed by atoms with Crippen molar-refractivity contribution in [2.75, 3.05) is 11.9 Å². The molecule has 0 spiro atoms. The molecule has 146 valence electrons. The average molecular weight is 379 g/mol. The molecule has 0 bridgehead atoms. The summed E-state index contributed by atoms with van der Waals surface area (Å²) in [7, 11) is 0. The van der Waals surface area contributed by atoms with Crippen molar-refractivity contribution in [1.29, 1.82) is 0 Å². The maximum Gasteiger partial charge on any atom is 0.321 e. The van der Waals surface area contributed by atoms with Gasteiger partial charge in [0.05, 0.1) is 6.42 Å². The number of benzene rings is 2. The zero-order chi connectivity index (χ0) is 19.9. The van der Waals surface area contributed by atoms with Crippen molar-refractivity contribution < 1.29 is 14.7 Å². The number of aliphatic carboxylic acids is 1. The molecule has 1 heterocycles. The number of H-pyrrole nitrogens is 1. The lowest BCUT2D eigenvalue weighted by Gasteiger charge is -2.14. The Hall–Kier alpha value is -3.12. The van der Waals surface area contributed by atoms with Crippen LogP contribution in [0.1, 0.15) is 24.5 Å². The first-order valence-electron chi connectivity index (χ1n) is 9.46. The fourth-order valence-electron chi connectivity index (χ4n) is 3.19. The minimum Gasteiger partial charge on any atom is -0.480 e. The highest BCUT2D eigenvalue weighted by Crippen LogP contribution is 2.17. The minimum absolute atomic E-state index is 0.126. The maximum absolute atomic E-state index is 12.2. The molecule has 3 rings (SSSR count). The number of hydrogen-bond acceptors (Lipinski definition) is 3. The molecule has 1 atom stereocenters. The average Bonchev–Trinajstić information content (AvgIpc) is 3.11. The molecule has 0 aliphatic heterocycles. The third kappa shape index (κ3) is 4.98. The molecule has 28 heavy (non-hydrogen) atoms. The Morgan fingerprint density at radius 1 is 1.11 bits per heavy atom. The monoisotopic (exact) mass is 379 g/mol. The Balaban J connectivity index is 1.52. The van der Waals surface area contributed by atoms with E-state index in [1.54, 1.807) is 0 Å². The van der Waals surface area contributed by atoms with E-state index in [4.69, 9.17) is 0 Å². The molecule has 1 amide bonds. The third-order valence-corrected chi connectivity index (χ3v) is 4.79. The highest BCUT2D eigenvalue weighted by molar-refractivity contribution is 5.94. The summed E-state index contributed by atoms with van der Waals surface area (Å²) in [4.78, 5) is 27.0. The number of para-hydroxylation sites is 1. The first-order valence-corrected chi connectivity index (χ1v) is 9.46. The van der Waals surface area contributed by atoms with Crippen molar-refractivity contribution in [3.63, 3.8) is 0 Å². The third-order valence-electron chi connectivity index (χ3n) is 4.79. The molecule has 3 aromatic rings. The Kier molecular flexibility index (Phi) is 6.45. The van der Waals surface area contributed by atoms with Crippen LogP contribution in [0.25, 0.3) is 10.9 Å². The number of rotatable bonds is 9. The summed E-state index contributed by atoms with van der Waals surface area (Å²) < 4.78 is 0. The molecule has 6 heteroatoms. The second-order valence-corrected chi connectivity index (χ2v) is 6.76. The predicted octanol–water partition coefficient (Wildman–Crippen LogP) is 3.34. The van der Waals surface area contributed by atoms with E-state index in [0.717, 1.165) is 22.9 Å². The van der Waals surface area contributed by atoms with E-state index in [1.807, 2.05) is 54.7 Å². The summed E-state index contributed by atoms with van der Waals surface area (Å²) in [5.74, 6) is -1.35. The largest absolute Gasteiger partial charge is 0.480 e. The zero-order valence-corrected chi connectivity index (χ0v) is 15.9. The molecule has 6 nitrogen and oxygen atoms in total. The Morgan fingerprint density at radius 2 is 1.86 bits per heavy atom. The lowest BCUT2D eigenvalue weighted by molar-refractivity contribution is -0.141. The molecule has 0 fully saturated rings. The van der Waals surface area contributed by atoms with Gasteiger partial charge in [-0.3, -0.25) is 9.59 Å². The predicted molar refractivity (Wildman–Crippen MR) is 110 cm³/mol. The number of hydrogen-bond donors (Lipinski definition) is 4. The number of carbonyl (C=O) groups excluding carboxylic acids is 1. The second-order valence-electron chi connectivity index (χ2n) is 6.76. The van der Waals surface area contributed by atoms with E-state index in [2.05, 4.69) is 22.5 Å². The lowest BCUT2D eigenvalue weighted by Crippen LogP contribution is -2.40. The van der Waals surface area contributed by atoms with Gasteiger partial charge in [0.2, 0.25) is 5.91 Å². The summed E-state index contributed by atoms with van der Waals surface area (Å²) >= 11 is 0. The van der Waals surface area contributed by atoms with Gasteiger partial charge in [-0.15, -0.1) is 0 Å². The first kappa shape index (κ1) is 19.6. The number of carbonyl (C=O) groups is 2. The number of amides is 1. The van der Waals surface area contributed by atoms with E-state index >= 15 is 0 Å². The second kappa shape index (κ2) is 9.19. The molecule has 0 aliphatic rings.